The van der Waals surface area contributed by atoms with Crippen LogP contribution in [0.4, 0.5) is 0 Å². The summed E-state index contributed by atoms with van der Waals surface area (Å²) in [6.07, 6.45) is 0. The molecule has 5 aromatic carbocycles. The molecule has 0 N–H and O–H groups in total. The zero-order valence-electron chi connectivity index (χ0n) is 23.9. The summed E-state index contributed by atoms with van der Waals surface area (Å²) in [5.74, 6) is 1.26. The average molecular weight is 531 g/mol. The third-order valence-corrected chi connectivity index (χ3v) is 8.29. The van der Waals surface area contributed by atoms with E-state index in [2.05, 4.69) is 0 Å². The Bertz CT molecular complexity index is 2100. The fourth-order valence-electron chi connectivity index (χ4n) is 6.35. The second kappa shape index (κ2) is 7.98. The maximum Gasteiger partial charge on any atom is 0.143 e. The van der Waals surface area contributed by atoms with E-state index in [9.17, 15) is 1.37 Å². The first-order valence-corrected chi connectivity index (χ1v) is 13.1. The number of furan rings is 1. The first-order chi connectivity index (χ1) is 20.4. The van der Waals surface area contributed by atoms with Gasteiger partial charge in [-0.25, -0.2) is 0 Å². The Balaban J connectivity index is 1.67. The number of fused-ring (bicyclic) bond motifs is 10. The van der Waals surface area contributed by atoms with E-state index in [-0.39, 0.29) is 24.2 Å². The number of rotatable bonds is 2. The summed E-state index contributed by atoms with van der Waals surface area (Å²) in [5, 5.41) is 1.03. The molecule has 0 radical (unpaired) electrons. The summed E-state index contributed by atoms with van der Waals surface area (Å²) >= 11 is 13.8. The van der Waals surface area contributed by atoms with Crippen molar-refractivity contribution < 1.29 is 9.90 Å². The highest BCUT2D eigenvalue weighted by Gasteiger charge is 2.56. The van der Waals surface area contributed by atoms with Gasteiger partial charge in [-0.1, -0.05) is 126 Å². The molecular formula is C35H20Cl2O. The predicted octanol–water partition coefficient (Wildman–Crippen LogP) is 10.3. The Kier molecular flexibility index (Phi) is 3.83. The van der Waals surface area contributed by atoms with Crippen LogP contribution in [0.3, 0.4) is 0 Å². The van der Waals surface area contributed by atoms with Crippen LogP contribution in [-0.2, 0) is 5.41 Å². The first-order valence-electron chi connectivity index (χ1n) is 14.3. The maximum atomic E-state index is 9.33. The lowest BCUT2D eigenvalue weighted by molar-refractivity contribution is 0.588. The van der Waals surface area contributed by atoms with E-state index in [1.54, 1.807) is 6.07 Å². The summed E-state index contributed by atoms with van der Waals surface area (Å²) in [5.41, 5.74) is 6.20. The highest BCUT2D eigenvalue weighted by Crippen LogP contribution is 2.67. The minimum Gasteiger partial charge on any atom is -0.455 e. The molecule has 0 bridgehead atoms. The van der Waals surface area contributed by atoms with Gasteiger partial charge in [0.1, 0.15) is 11.5 Å². The van der Waals surface area contributed by atoms with E-state index in [0.717, 1.165) is 38.9 Å². The van der Waals surface area contributed by atoms with Crippen molar-refractivity contribution in [1.82, 2.24) is 0 Å². The lowest BCUT2D eigenvalue weighted by Gasteiger charge is -2.30. The fraction of sp³-hybridized carbons (Fsp3) is 0.0286. The minimum absolute atomic E-state index is 0.0866. The molecule has 38 heavy (non-hydrogen) atoms. The van der Waals surface area contributed by atoms with Crippen molar-refractivity contribution >= 4 is 23.2 Å². The lowest BCUT2D eigenvalue weighted by atomic mass is 9.70. The van der Waals surface area contributed by atoms with Crippen LogP contribution in [-0.4, -0.2) is 0 Å². The van der Waals surface area contributed by atoms with Crippen molar-refractivity contribution in [2.45, 2.75) is 5.41 Å². The second-order valence-electron chi connectivity index (χ2n) is 9.59. The molecule has 0 fully saturated rings. The number of hydrogen-bond donors (Lipinski definition) is 0. The molecule has 1 nitrogen and oxygen atoms in total. The van der Waals surface area contributed by atoms with Gasteiger partial charge in [-0.3, -0.25) is 0 Å². The molecule has 1 heterocycles. The largest absolute Gasteiger partial charge is 0.455 e. The Morgan fingerprint density at radius 1 is 0.605 bits per heavy atom. The monoisotopic (exact) mass is 530 g/mol. The van der Waals surface area contributed by atoms with Crippen molar-refractivity contribution in [3.8, 4) is 44.9 Å². The zero-order chi connectivity index (χ0) is 28.9. The molecular weight excluding hydrogens is 507 g/mol. The molecule has 6 aromatic rings. The van der Waals surface area contributed by atoms with E-state index in [4.69, 9.17) is 31.7 Å². The fourth-order valence-corrected chi connectivity index (χ4v) is 6.79. The molecule has 2 aliphatic carbocycles. The van der Waals surface area contributed by atoms with Crippen LogP contribution in [0.25, 0.3) is 44.9 Å². The molecule has 2 aliphatic rings. The average Bonchev–Trinajstić information content (AvgIpc) is 3.64. The number of hydrogen-bond acceptors (Lipinski definition) is 1. The maximum absolute atomic E-state index is 9.33. The van der Waals surface area contributed by atoms with E-state index in [1.807, 2.05) is 91.0 Å². The summed E-state index contributed by atoms with van der Waals surface area (Å²) < 4.78 is 42.5. The van der Waals surface area contributed by atoms with Gasteiger partial charge in [0.2, 0.25) is 0 Å². The van der Waals surface area contributed by atoms with Gasteiger partial charge in [0.05, 0.1) is 10.9 Å². The van der Waals surface area contributed by atoms with Crippen molar-refractivity contribution in [3.63, 3.8) is 0 Å². The molecule has 1 spiro atoms. The Labute approximate surface area is 236 Å². The van der Waals surface area contributed by atoms with Gasteiger partial charge in [-0.15, -0.1) is 0 Å². The van der Waals surface area contributed by atoms with Crippen LogP contribution >= 0.6 is 23.2 Å². The Morgan fingerprint density at radius 2 is 1.32 bits per heavy atom. The lowest BCUT2D eigenvalue weighted by Crippen LogP contribution is -2.26. The number of halogens is 2. The SMILES string of the molecule is [2H]c1c([2H])c([2H])c2c(c1[2H])-c1ccc(Cl)cc1C21c2cccc(Cl)c2-c2c(-c3ccccc3)oc(-c3ccccc3)c21. The number of benzene rings is 5. The predicted molar refractivity (Wildman–Crippen MR) is 156 cm³/mol. The van der Waals surface area contributed by atoms with Crippen LogP contribution in [0.5, 0.6) is 0 Å². The van der Waals surface area contributed by atoms with Gasteiger partial charge >= 0.3 is 0 Å². The first kappa shape index (κ1) is 18.3. The van der Waals surface area contributed by atoms with Crippen LogP contribution in [0.15, 0.2) is 126 Å². The topological polar surface area (TPSA) is 13.1 Å². The molecule has 3 heteroatoms. The van der Waals surface area contributed by atoms with Gasteiger partial charge in [-0.05, 0) is 46.0 Å². The van der Waals surface area contributed by atoms with Crippen molar-refractivity contribution in [2.24, 2.45) is 0 Å². The van der Waals surface area contributed by atoms with Crippen molar-refractivity contribution in [3.05, 3.63) is 154 Å². The normalized spacial score (nSPS) is 17.7. The van der Waals surface area contributed by atoms with E-state index in [0.29, 0.717) is 38.3 Å². The quantitative estimate of drug-likeness (QED) is 0.216. The van der Waals surface area contributed by atoms with Gasteiger partial charge in [-0.2, -0.15) is 0 Å². The summed E-state index contributed by atoms with van der Waals surface area (Å²) in [7, 11) is 0. The minimum atomic E-state index is -1.16. The molecule has 8 rings (SSSR count). The molecule has 0 saturated heterocycles. The molecule has 1 aromatic heterocycles. The Morgan fingerprint density at radius 3 is 2.08 bits per heavy atom. The highest BCUT2D eigenvalue weighted by molar-refractivity contribution is 6.34. The second-order valence-corrected chi connectivity index (χ2v) is 10.4. The highest BCUT2D eigenvalue weighted by atomic mass is 35.5. The van der Waals surface area contributed by atoms with Gasteiger partial charge in [0, 0.05) is 37.9 Å². The van der Waals surface area contributed by atoms with E-state index >= 15 is 0 Å². The van der Waals surface area contributed by atoms with Gasteiger partial charge < -0.3 is 4.42 Å². The molecule has 0 saturated carbocycles. The smallest absolute Gasteiger partial charge is 0.143 e. The van der Waals surface area contributed by atoms with Crippen molar-refractivity contribution in [2.75, 3.05) is 0 Å². The van der Waals surface area contributed by atoms with Crippen LogP contribution in [0.1, 0.15) is 27.7 Å². The third kappa shape index (κ3) is 2.73. The van der Waals surface area contributed by atoms with Crippen LogP contribution in [0, 0.1) is 0 Å². The Hall–Kier alpha value is -4.04. The third-order valence-electron chi connectivity index (χ3n) is 7.74. The van der Waals surface area contributed by atoms with Gasteiger partial charge in [0.25, 0.3) is 0 Å². The van der Waals surface area contributed by atoms with Crippen LogP contribution < -0.4 is 0 Å². The van der Waals surface area contributed by atoms with Crippen molar-refractivity contribution in [1.29, 1.82) is 0 Å². The zero-order valence-corrected chi connectivity index (χ0v) is 21.4. The molecule has 0 amide bonds. The van der Waals surface area contributed by atoms with Crippen LogP contribution in [0.2, 0.25) is 10.0 Å². The summed E-state index contributed by atoms with van der Waals surface area (Å²) in [4.78, 5) is 0. The van der Waals surface area contributed by atoms with E-state index < -0.39 is 5.41 Å². The van der Waals surface area contributed by atoms with E-state index in [1.165, 1.54) is 0 Å². The molecule has 0 aliphatic heterocycles. The molecule has 1 atom stereocenters. The summed E-state index contributed by atoms with van der Waals surface area (Å²) in [6, 6.07) is 30.2. The van der Waals surface area contributed by atoms with Gasteiger partial charge in [0.15, 0.2) is 0 Å². The molecule has 1 unspecified atom stereocenters. The standard InChI is InChI=1S/C35H20Cl2O/c36-23-18-19-25-24-14-7-8-15-26(24)35(28(25)20-23)27-16-9-17-29(37)30(27)31-32(35)34(22-12-5-2-6-13-22)38-33(31)21-10-3-1-4-11-21/h1-20H/i7D,8D,14D,15D. The summed E-state index contributed by atoms with van der Waals surface area (Å²) in [6.45, 7) is 0. The molecule has 180 valence electrons.